The molecule has 0 unspecified atom stereocenters. The van der Waals surface area contributed by atoms with Gasteiger partial charge in [-0.05, 0) is 73.3 Å². The Morgan fingerprint density at radius 2 is 1.28 bits per heavy atom. The third-order valence-electron chi connectivity index (χ3n) is 7.12. The Labute approximate surface area is 188 Å². The summed E-state index contributed by atoms with van der Waals surface area (Å²) < 4.78 is 18.8. The minimum Gasteiger partial charge on any atom is -0.456 e. The largest absolute Gasteiger partial charge is 0.494 e. The van der Waals surface area contributed by atoms with Crippen LogP contribution in [-0.4, -0.2) is 18.3 Å². The van der Waals surface area contributed by atoms with Crippen LogP contribution in [0.2, 0.25) is 0 Å². The maximum Gasteiger partial charge on any atom is 0.494 e. The average Bonchev–Trinajstić information content (AvgIpc) is 3.25. The molecule has 1 aliphatic heterocycles. The molecular weight excluding hydrogens is 395 g/mol. The molecule has 4 aromatic carbocycles. The van der Waals surface area contributed by atoms with Crippen molar-refractivity contribution in [2.75, 3.05) is 0 Å². The Morgan fingerprint density at radius 1 is 0.625 bits per heavy atom. The Hall–Kier alpha value is -3.08. The van der Waals surface area contributed by atoms with E-state index in [1.807, 2.05) is 0 Å². The molecule has 1 aromatic heterocycles. The van der Waals surface area contributed by atoms with E-state index < -0.39 is 7.12 Å². The molecule has 0 saturated carbocycles. The van der Waals surface area contributed by atoms with E-state index in [1.165, 1.54) is 16.3 Å². The van der Waals surface area contributed by atoms with Gasteiger partial charge in [0.1, 0.15) is 11.2 Å². The van der Waals surface area contributed by atoms with Crippen LogP contribution in [-0.2, 0) is 9.31 Å². The highest BCUT2D eigenvalue weighted by Crippen LogP contribution is 2.38. The van der Waals surface area contributed by atoms with Gasteiger partial charge in [0.15, 0.2) is 0 Å². The highest BCUT2D eigenvalue weighted by atomic mass is 16.7. The molecule has 158 valence electrons. The third-order valence-corrected chi connectivity index (χ3v) is 7.12. The fraction of sp³-hybridized carbons (Fsp3) is 0.214. The van der Waals surface area contributed by atoms with Crippen molar-refractivity contribution in [1.82, 2.24) is 0 Å². The van der Waals surface area contributed by atoms with Crippen LogP contribution in [0.3, 0.4) is 0 Å². The summed E-state index contributed by atoms with van der Waals surface area (Å²) in [6, 6.07) is 27.6. The summed E-state index contributed by atoms with van der Waals surface area (Å²) >= 11 is 0. The van der Waals surface area contributed by atoms with Crippen molar-refractivity contribution in [1.29, 1.82) is 0 Å². The molecule has 0 atom stereocenters. The van der Waals surface area contributed by atoms with Crippen molar-refractivity contribution < 1.29 is 13.7 Å². The molecule has 3 nitrogen and oxygen atoms in total. The van der Waals surface area contributed by atoms with Crippen molar-refractivity contribution in [2.24, 2.45) is 0 Å². The Morgan fingerprint density at radius 3 is 2.06 bits per heavy atom. The predicted octanol–water partition coefficient (Wildman–Crippen LogP) is 6.71. The van der Waals surface area contributed by atoms with Crippen LogP contribution in [0.5, 0.6) is 0 Å². The number of benzene rings is 4. The number of fused-ring (bicyclic) bond motifs is 4. The monoisotopic (exact) mass is 420 g/mol. The highest BCUT2D eigenvalue weighted by Gasteiger charge is 2.51. The van der Waals surface area contributed by atoms with Crippen LogP contribution in [0.15, 0.2) is 83.3 Å². The Bertz CT molecular complexity index is 1470. The topological polar surface area (TPSA) is 31.6 Å². The lowest BCUT2D eigenvalue weighted by atomic mass is 9.79. The molecule has 0 N–H and O–H groups in total. The van der Waals surface area contributed by atoms with Gasteiger partial charge in [-0.2, -0.15) is 0 Å². The van der Waals surface area contributed by atoms with Crippen molar-refractivity contribution in [2.45, 2.75) is 38.9 Å². The first-order valence-electron chi connectivity index (χ1n) is 11.1. The first-order valence-corrected chi connectivity index (χ1v) is 11.1. The van der Waals surface area contributed by atoms with E-state index in [2.05, 4.69) is 107 Å². The van der Waals surface area contributed by atoms with Gasteiger partial charge in [0.25, 0.3) is 0 Å². The van der Waals surface area contributed by atoms with E-state index in [9.17, 15) is 0 Å². The van der Waals surface area contributed by atoms with E-state index in [4.69, 9.17) is 13.7 Å². The molecule has 6 rings (SSSR count). The zero-order valence-corrected chi connectivity index (χ0v) is 18.8. The lowest BCUT2D eigenvalue weighted by Crippen LogP contribution is -2.41. The van der Waals surface area contributed by atoms with Crippen LogP contribution < -0.4 is 5.46 Å². The summed E-state index contributed by atoms with van der Waals surface area (Å²) in [5, 5.41) is 4.70. The first-order chi connectivity index (χ1) is 15.3. The normalized spacial score (nSPS) is 17.6. The molecule has 1 aliphatic rings. The standard InChI is InChI=1S/C28H25BO3/c1-27(2)28(3,4)32-29(31-27)20-13-15-24-23-14-12-19(16-25(23)30-26(24)17-20)22-11-7-9-18-8-5-6-10-21(18)22/h5-17H,1-4H3. The van der Waals surface area contributed by atoms with Gasteiger partial charge in [0, 0.05) is 10.8 Å². The van der Waals surface area contributed by atoms with E-state index in [0.29, 0.717) is 0 Å². The van der Waals surface area contributed by atoms with Crippen LogP contribution in [0, 0.1) is 0 Å². The SMILES string of the molecule is CC1(C)OB(c2ccc3c(c2)oc2cc(-c4cccc5ccccc45)ccc23)OC1(C)C. The van der Waals surface area contributed by atoms with Gasteiger partial charge in [-0.1, -0.05) is 60.7 Å². The molecule has 1 saturated heterocycles. The summed E-state index contributed by atoms with van der Waals surface area (Å²) in [5.41, 5.74) is 4.34. The van der Waals surface area contributed by atoms with Crippen molar-refractivity contribution >= 4 is 45.3 Å². The van der Waals surface area contributed by atoms with E-state index in [0.717, 1.165) is 33.0 Å². The summed E-state index contributed by atoms with van der Waals surface area (Å²) in [5.74, 6) is 0. The molecule has 5 aromatic rings. The molecule has 0 aliphatic carbocycles. The lowest BCUT2D eigenvalue weighted by molar-refractivity contribution is 0.00578. The number of hydrogen-bond donors (Lipinski definition) is 0. The van der Waals surface area contributed by atoms with E-state index >= 15 is 0 Å². The average molecular weight is 420 g/mol. The van der Waals surface area contributed by atoms with Crippen molar-refractivity contribution in [3.8, 4) is 11.1 Å². The first kappa shape index (κ1) is 19.6. The molecule has 1 fully saturated rings. The lowest BCUT2D eigenvalue weighted by Gasteiger charge is -2.32. The quantitative estimate of drug-likeness (QED) is 0.298. The molecule has 0 spiro atoms. The summed E-state index contributed by atoms with van der Waals surface area (Å²) in [4.78, 5) is 0. The maximum absolute atomic E-state index is 6.32. The number of hydrogen-bond acceptors (Lipinski definition) is 3. The van der Waals surface area contributed by atoms with Crippen LogP contribution in [0.4, 0.5) is 0 Å². The Kier molecular flexibility index (Phi) is 4.11. The second kappa shape index (κ2) is 6.71. The number of furan rings is 1. The second-order valence-electron chi connectivity index (χ2n) is 9.68. The third kappa shape index (κ3) is 2.91. The fourth-order valence-corrected chi connectivity index (χ4v) is 4.56. The zero-order valence-electron chi connectivity index (χ0n) is 18.8. The summed E-state index contributed by atoms with van der Waals surface area (Å²) in [6.45, 7) is 8.28. The van der Waals surface area contributed by atoms with Gasteiger partial charge in [-0.25, -0.2) is 0 Å². The minimum atomic E-state index is -0.399. The molecular formula is C28H25BO3. The van der Waals surface area contributed by atoms with E-state index in [1.54, 1.807) is 0 Å². The fourth-order valence-electron chi connectivity index (χ4n) is 4.56. The van der Waals surface area contributed by atoms with Crippen molar-refractivity contribution in [3.63, 3.8) is 0 Å². The molecule has 2 heterocycles. The molecule has 32 heavy (non-hydrogen) atoms. The van der Waals surface area contributed by atoms with Gasteiger partial charge in [-0.15, -0.1) is 0 Å². The Balaban J connectivity index is 1.44. The van der Waals surface area contributed by atoms with Gasteiger partial charge in [0.05, 0.1) is 11.2 Å². The second-order valence-corrected chi connectivity index (χ2v) is 9.68. The van der Waals surface area contributed by atoms with Crippen molar-refractivity contribution in [3.05, 3.63) is 78.9 Å². The molecule has 0 bridgehead atoms. The van der Waals surface area contributed by atoms with Crippen LogP contribution in [0.25, 0.3) is 43.8 Å². The minimum absolute atomic E-state index is 0.367. The molecule has 4 heteroatoms. The van der Waals surface area contributed by atoms with Gasteiger partial charge >= 0.3 is 7.12 Å². The summed E-state index contributed by atoms with van der Waals surface area (Å²) in [6.07, 6.45) is 0. The van der Waals surface area contributed by atoms with Gasteiger partial charge < -0.3 is 13.7 Å². The highest BCUT2D eigenvalue weighted by molar-refractivity contribution is 6.62. The summed E-state index contributed by atoms with van der Waals surface area (Å²) in [7, 11) is -0.399. The van der Waals surface area contributed by atoms with Gasteiger partial charge in [0.2, 0.25) is 0 Å². The van der Waals surface area contributed by atoms with Crippen LogP contribution >= 0.6 is 0 Å². The maximum atomic E-state index is 6.32. The molecule has 0 amide bonds. The number of rotatable bonds is 2. The van der Waals surface area contributed by atoms with Crippen LogP contribution in [0.1, 0.15) is 27.7 Å². The van der Waals surface area contributed by atoms with Gasteiger partial charge in [-0.3, -0.25) is 0 Å². The predicted molar refractivity (Wildman–Crippen MR) is 132 cm³/mol. The van der Waals surface area contributed by atoms with E-state index in [-0.39, 0.29) is 11.2 Å². The zero-order chi connectivity index (χ0) is 22.1. The smallest absolute Gasteiger partial charge is 0.456 e. The molecule has 0 radical (unpaired) electrons.